The molecule has 0 aromatic heterocycles. The number of hydrogen-bond donors (Lipinski definition) is 1. The number of rotatable bonds is 4. The molecule has 0 radical (unpaired) electrons. The van der Waals surface area contributed by atoms with Crippen molar-refractivity contribution in [2.75, 3.05) is 19.8 Å². The molecule has 0 saturated carbocycles. The van der Waals surface area contributed by atoms with Gasteiger partial charge in [-0.1, -0.05) is 6.92 Å². The third-order valence-electron chi connectivity index (χ3n) is 2.94. The molecule has 1 heterocycles. The Hall–Kier alpha value is -0.650. The fourth-order valence-electron chi connectivity index (χ4n) is 2.06. The summed E-state index contributed by atoms with van der Waals surface area (Å²) in [6.07, 6.45) is 0.925. The molecule has 2 atom stereocenters. The zero-order chi connectivity index (χ0) is 13.0. The van der Waals surface area contributed by atoms with Gasteiger partial charge in [0.1, 0.15) is 11.6 Å². The Morgan fingerprint density at radius 2 is 2.28 bits per heavy atom. The Balaban J connectivity index is 2.06. The SMILES string of the molecule is CCNC1CCOCC1Sc1ccc(F)cc1F. The first-order chi connectivity index (χ1) is 8.70. The van der Waals surface area contributed by atoms with Crippen molar-refractivity contribution in [1.29, 1.82) is 0 Å². The lowest BCUT2D eigenvalue weighted by Crippen LogP contribution is -2.44. The highest BCUT2D eigenvalue weighted by atomic mass is 32.2. The van der Waals surface area contributed by atoms with Gasteiger partial charge in [-0.2, -0.15) is 0 Å². The van der Waals surface area contributed by atoms with E-state index in [4.69, 9.17) is 4.74 Å². The molecule has 0 amide bonds. The zero-order valence-electron chi connectivity index (χ0n) is 10.3. The van der Waals surface area contributed by atoms with Crippen molar-refractivity contribution in [2.45, 2.75) is 29.5 Å². The monoisotopic (exact) mass is 273 g/mol. The van der Waals surface area contributed by atoms with E-state index < -0.39 is 11.6 Å². The number of thioether (sulfide) groups is 1. The van der Waals surface area contributed by atoms with Gasteiger partial charge in [-0.15, -0.1) is 11.8 Å². The van der Waals surface area contributed by atoms with Crippen molar-refractivity contribution in [3.63, 3.8) is 0 Å². The largest absolute Gasteiger partial charge is 0.380 e. The van der Waals surface area contributed by atoms with Crippen LogP contribution in [0.3, 0.4) is 0 Å². The molecule has 18 heavy (non-hydrogen) atoms. The van der Waals surface area contributed by atoms with E-state index in [0.29, 0.717) is 17.5 Å². The van der Waals surface area contributed by atoms with Crippen LogP contribution < -0.4 is 5.32 Å². The smallest absolute Gasteiger partial charge is 0.139 e. The first-order valence-electron chi connectivity index (χ1n) is 6.13. The van der Waals surface area contributed by atoms with Crippen LogP contribution in [0.2, 0.25) is 0 Å². The third kappa shape index (κ3) is 3.43. The molecule has 2 rings (SSSR count). The molecule has 5 heteroatoms. The minimum atomic E-state index is -0.542. The van der Waals surface area contributed by atoms with Crippen LogP contribution in [-0.2, 0) is 4.74 Å². The van der Waals surface area contributed by atoms with Crippen molar-refractivity contribution in [1.82, 2.24) is 5.32 Å². The number of nitrogens with one attached hydrogen (secondary N) is 1. The number of ether oxygens (including phenoxy) is 1. The van der Waals surface area contributed by atoms with E-state index in [-0.39, 0.29) is 5.25 Å². The lowest BCUT2D eigenvalue weighted by molar-refractivity contribution is 0.0837. The molecule has 100 valence electrons. The summed E-state index contributed by atoms with van der Waals surface area (Å²) in [6.45, 7) is 4.27. The molecule has 0 spiro atoms. The summed E-state index contributed by atoms with van der Waals surface area (Å²) in [5.74, 6) is -1.04. The van der Waals surface area contributed by atoms with Crippen molar-refractivity contribution in [3.8, 4) is 0 Å². The second-order valence-corrected chi connectivity index (χ2v) is 5.54. The summed E-state index contributed by atoms with van der Waals surface area (Å²) in [5, 5.41) is 3.55. The van der Waals surface area contributed by atoms with Gasteiger partial charge < -0.3 is 10.1 Å². The van der Waals surface area contributed by atoms with Crippen LogP contribution in [0.5, 0.6) is 0 Å². The predicted octanol–water partition coefficient (Wildman–Crippen LogP) is 2.82. The van der Waals surface area contributed by atoms with E-state index >= 15 is 0 Å². The number of hydrogen-bond acceptors (Lipinski definition) is 3. The van der Waals surface area contributed by atoms with Gasteiger partial charge in [0.05, 0.1) is 6.61 Å². The van der Waals surface area contributed by atoms with E-state index in [1.807, 2.05) is 0 Å². The predicted molar refractivity (Wildman–Crippen MR) is 68.9 cm³/mol. The van der Waals surface area contributed by atoms with E-state index in [9.17, 15) is 8.78 Å². The van der Waals surface area contributed by atoms with E-state index in [1.54, 1.807) is 0 Å². The molecule has 0 aliphatic carbocycles. The van der Waals surface area contributed by atoms with E-state index in [0.717, 1.165) is 25.6 Å². The second-order valence-electron chi connectivity index (χ2n) is 4.26. The van der Waals surface area contributed by atoms with Gasteiger partial charge in [0.15, 0.2) is 0 Å². The van der Waals surface area contributed by atoms with Crippen LogP contribution in [0.1, 0.15) is 13.3 Å². The summed E-state index contributed by atoms with van der Waals surface area (Å²) in [6, 6.07) is 4.02. The van der Waals surface area contributed by atoms with Crippen molar-refractivity contribution in [2.24, 2.45) is 0 Å². The quantitative estimate of drug-likeness (QED) is 0.911. The number of halogens is 2. The number of benzene rings is 1. The summed E-state index contributed by atoms with van der Waals surface area (Å²) in [4.78, 5) is 0.481. The first kappa shape index (κ1) is 13.8. The Morgan fingerprint density at radius 3 is 3.00 bits per heavy atom. The zero-order valence-corrected chi connectivity index (χ0v) is 11.1. The van der Waals surface area contributed by atoms with Crippen molar-refractivity contribution < 1.29 is 13.5 Å². The summed E-state index contributed by atoms with van der Waals surface area (Å²) >= 11 is 1.42. The van der Waals surface area contributed by atoms with Crippen LogP contribution in [-0.4, -0.2) is 31.1 Å². The fraction of sp³-hybridized carbons (Fsp3) is 0.538. The van der Waals surface area contributed by atoms with Crippen LogP contribution >= 0.6 is 11.8 Å². The maximum atomic E-state index is 13.6. The molecule has 0 bridgehead atoms. The summed E-state index contributed by atoms with van der Waals surface area (Å²) in [5.41, 5.74) is 0. The van der Waals surface area contributed by atoms with Gasteiger partial charge >= 0.3 is 0 Å². The topological polar surface area (TPSA) is 21.3 Å². The molecule has 1 N–H and O–H groups in total. The molecule has 1 aromatic rings. The first-order valence-corrected chi connectivity index (χ1v) is 7.01. The van der Waals surface area contributed by atoms with Crippen molar-refractivity contribution in [3.05, 3.63) is 29.8 Å². The maximum absolute atomic E-state index is 13.6. The van der Waals surface area contributed by atoms with Gasteiger partial charge in [-0.3, -0.25) is 0 Å². The lowest BCUT2D eigenvalue weighted by atomic mass is 10.1. The maximum Gasteiger partial charge on any atom is 0.139 e. The standard InChI is InChI=1S/C13H17F2NOS/c1-2-16-11-5-6-17-8-13(11)18-12-4-3-9(14)7-10(12)15/h3-4,7,11,13,16H,2,5-6,8H2,1H3. The third-order valence-corrected chi connectivity index (χ3v) is 4.30. The van der Waals surface area contributed by atoms with E-state index in [2.05, 4.69) is 12.2 Å². The highest BCUT2D eigenvalue weighted by Gasteiger charge is 2.26. The molecular formula is C13H17F2NOS. The fourth-order valence-corrected chi connectivity index (χ4v) is 3.26. The summed E-state index contributed by atoms with van der Waals surface area (Å²) in [7, 11) is 0. The summed E-state index contributed by atoms with van der Waals surface area (Å²) < 4.78 is 31.9. The molecule has 1 aliphatic rings. The van der Waals surface area contributed by atoms with Gasteiger partial charge in [0.25, 0.3) is 0 Å². The van der Waals surface area contributed by atoms with Crippen LogP contribution in [0.15, 0.2) is 23.1 Å². The Morgan fingerprint density at radius 1 is 1.44 bits per heavy atom. The van der Waals surface area contributed by atoms with Gasteiger partial charge in [0.2, 0.25) is 0 Å². The normalized spacial score (nSPS) is 24.2. The van der Waals surface area contributed by atoms with Crippen LogP contribution in [0, 0.1) is 11.6 Å². The van der Waals surface area contributed by atoms with Crippen molar-refractivity contribution >= 4 is 11.8 Å². The minimum absolute atomic E-state index is 0.165. The Labute approximate surface area is 110 Å². The highest BCUT2D eigenvalue weighted by molar-refractivity contribution is 8.00. The Kier molecular flexibility index (Phi) is 4.97. The average Bonchev–Trinajstić information content (AvgIpc) is 2.35. The van der Waals surface area contributed by atoms with Gasteiger partial charge in [-0.05, 0) is 25.1 Å². The molecule has 1 aliphatic heterocycles. The van der Waals surface area contributed by atoms with E-state index in [1.165, 1.54) is 23.9 Å². The molecule has 2 nitrogen and oxygen atoms in total. The van der Waals surface area contributed by atoms with Crippen LogP contribution in [0.25, 0.3) is 0 Å². The molecule has 1 aromatic carbocycles. The molecular weight excluding hydrogens is 256 g/mol. The molecule has 2 unspecified atom stereocenters. The Bertz CT molecular complexity index is 401. The van der Waals surface area contributed by atoms with Gasteiger partial charge in [-0.25, -0.2) is 8.78 Å². The average molecular weight is 273 g/mol. The molecule has 1 saturated heterocycles. The minimum Gasteiger partial charge on any atom is -0.380 e. The molecule has 1 fully saturated rings. The second kappa shape index (κ2) is 6.50. The van der Waals surface area contributed by atoms with Gasteiger partial charge in [0, 0.05) is 28.9 Å². The highest BCUT2D eigenvalue weighted by Crippen LogP contribution is 2.31. The van der Waals surface area contributed by atoms with Crippen LogP contribution in [0.4, 0.5) is 8.78 Å². The lowest BCUT2D eigenvalue weighted by Gasteiger charge is -2.31.